The maximum absolute atomic E-state index is 10.2. The Kier molecular flexibility index (Phi) is 4.33. The van der Waals surface area contributed by atoms with Gasteiger partial charge in [-0.15, -0.1) is 0 Å². The Morgan fingerprint density at radius 1 is 1.07 bits per heavy atom. The van der Waals surface area contributed by atoms with Gasteiger partial charge in [-0.2, -0.15) is 5.10 Å². The highest BCUT2D eigenvalue weighted by Crippen LogP contribution is 2.36. The van der Waals surface area contributed by atoms with E-state index in [1.165, 1.54) is 0 Å². The maximum atomic E-state index is 10.2. The van der Waals surface area contributed by atoms with Crippen LogP contribution in [-0.2, 0) is 7.05 Å². The van der Waals surface area contributed by atoms with Gasteiger partial charge < -0.3 is 9.84 Å². The second kappa shape index (κ2) is 6.81. The molecule has 0 unspecified atom stereocenters. The van der Waals surface area contributed by atoms with Gasteiger partial charge in [-0.25, -0.2) is 9.97 Å². The number of ether oxygens (including phenoxy) is 1. The zero-order valence-electron chi connectivity index (χ0n) is 15.4. The van der Waals surface area contributed by atoms with E-state index in [0.29, 0.717) is 11.3 Å². The van der Waals surface area contributed by atoms with E-state index in [0.717, 1.165) is 33.4 Å². The van der Waals surface area contributed by atoms with Gasteiger partial charge in [0, 0.05) is 41.4 Å². The summed E-state index contributed by atoms with van der Waals surface area (Å²) in [6.45, 7) is 1.71. The lowest BCUT2D eigenvalue weighted by molar-refractivity contribution is 0.194. The SMILES string of the molecule is COc1cc2ncnc(-c3cn(C)nc3-c3ccccc3)c2cc1[C@@H](C)O. The van der Waals surface area contributed by atoms with Crippen LogP contribution in [0.4, 0.5) is 0 Å². The molecule has 0 spiro atoms. The van der Waals surface area contributed by atoms with E-state index in [2.05, 4.69) is 15.1 Å². The molecule has 0 aliphatic carbocycles. The fraction of sp³-hybridized carbons (Fsp3) is 0.190. The number of aliphatic hydroxyl groups excluding tert-OH is 1. The Hall–Kier alpha value is -3.25. The minimum absolute atomic E-state index is 0.608. The van der Waals surface area contributed by atoms with E-state index in [1.54, 1.807) is 25.0 Å². The number of nitrogens with zero attached hydrogens (tertiary/aromatic N) is 4. The average molecular weight is 360 g/mol. The van der Waals surface area contributed by atoms with Gasteiger partial charge in [0.2, 0.25) is 0 Å². The molecule has 0 fully saturated rings. The van der Waals surface area contributed by atoms with Gasteiger partial charge in [0.15, 0.2) is 0 Å². The molecule has 0 saturated heterocycles. The molecule has 6 nitrogen and oxygen atoms in total. The van der Waals surface area contributed by atoms with Crippen molar-refractivity contribution >= 4 is 10.9 Å². The molecule has 6 heteroatoms. The quantitative estimate of drug-likeness (QED) is 0.600. The number of benzene rings is 2. The van der Waals surface area contributed by atoms with E-state index in [1.807, 2.05) is 55.7 Å². The number of aliphatic hydroxyl groups is 1. The first kappa shape index (κ1) is 17.2. The van der Waals surface area contributed by atoms with E-state index < -0.39 is 6.10 Å². The van der Waals surface area contributed by atoms with Gasteiger partial charge in [0.1, 0.15) is 17.8 Å². The second-order valence-corrected chi connectivity index (χ2v) is 6.44. The molecule has 2 aromatic heterocycles. The summed E-state index contributed by atoms with van der Waals surface area (Å²) in [5, 5.41) is 15.6. The monoisotopic (exact) mass is 360 g/mol. The highest BCUT2D eigenvalue weighted by molar-refractivity contribution is 5.96. The molecular formula is C21H20N4O2. The summed E-state index contributed by atoms with van der Waals surface area (Å²) in [5.41, 5.74) is 5.02. The van der Waals surface area contributed by atoms with Crippen LogP contribution in [0.15, 0.2) is 55.0 Å². The van der Waals surface area contributed by atoms with Crippen LogP contribution in [0.25, 0.3) is 33.4 Å². The van der Waals surface area contributed by atoms with Crippen LogP contribution >= 0.6 is 0 Å². The summed E-state index contributed by atoms with van der Waals surface area (Å²) in [6, 6.07) is 13.7. The molecule has 1 atom stereocenters. The topological polar surface area (TPSA) is 73.1 Å². The number of methoxy groups -OCH3 is 1. The van der Waals surface area contributed by atoms with Gasteiger partial charge in [0.25, 0.3) is 0 Å². The molecule has 0 saturated carbocycles. The number of hydrogen-bond donors (Lipinski definition) is 1. The normalized spacial score (nSPS) is 12.3. The molecule has 27 heavy (non-hydrogen) atoms. The first-order valence-electron chi connectivity index (χ1n) is 8.68. The van der Waals surface area contributed by atoms with Gasteiger partial charge >= 0.3 is 0 Å². The first-order valence-corrected chi connectivity index (χ1v) is 8.68. The second-order valence-electron chi connectivity index (χ2n) is 6.44. The third kappa shape index (κ3) is 3.04. The molecule has 136 valence electrons. The summed E-state index contributed by atoms with van der Waals surface area (Å²) in [7, 11) is 3.48. The third-order valence-electron chi connectivity index (χ3n) is 4.57. The summed E-state index contributed by atoms with van der Waals surface area (Å²) >= 11 is 0. The van der Waals surface area contributed by atoms with Crippen LogP contribution in [0, 0.1) is 0 Å². The van der Waals surface area contributed by atoms with Crippen molar-refractivity contribution in [3.63, 3.8) is 0 Å². The Bertz CT molecular complexity index is 1100. The van der Waals surface area contributed by atoms with Gasteiger partial charge in [-0.05, 0) is 13.0 Å². The Morgan fingerprint density at radius 3 is 2.56 bits per heavy atom. The average Bonchev–Trinajstić information content (AvgIpc) is 3.08. The number of rotatable bonds is 4. The summed E-state index contributed by atoms with van der Waals surface area (Å²) < 4.78 is 7.20. The lowest BCUT2D eigenvalue weighted by Crippen LogP contribution is -1.99. The van der Waals surface area contributed by atoms with Gasteiger partial charge in [0.05, 0.1) is 24.4 Å². The van der Waals surface area contributed by atoms with Crippen LogP contribution < -0.4 is 4.74 Å². The van der Waals surface area contributed by atoms with Crippen molar-refractivity contribution in [2.24, 2.45) is 7.05 Å². The van der Waals surface area contributed by atoms with E-state index in [4.69, 9.17) is 4.74 Å². The third-order valence-corrected chi connectivity index (χ3v) is 4.57. The molecule has 4 rings (SSSR count). The molecule has 0 amide bonds. The molecule has 0 aliphatic heterocycles. The molecule has 1 N–H and O–H groups in total. The minimum atomic E-state index is -0.667. The summed E-state index contributed by atoms with van der Waals surface area (Å²) in [5.74, 6) is 0.608. The fourth-order valence-corrected chi connectivity index (χ4v) is 3.29. The number of aromatic nitrogens is 4. The van der Waals surface area contributed by atoms with E-state index in [9.17, 15) is 5.11 Å². The van der Waals surface area contributed by atoms with Crippen LogP contribution in [0.2, 0.25) is 0 Å². The largest absolute Gasteiger partial charge is 0.496 e. The predicted molar refractivity (Wildman–Crippen MR) is 104 cm³/mol. The smallest absolute Gasteiger partial charge is 0.126 e. The lowest BCUT2D eigenvalue weighted by Gasteiger charge is -2.13. The number of aryl methyl sites for hydroxylation is 1. The standard InChI is InChI=1S/C21H20N4O2/c1-13(26)15-9-16-18(10-19(15)27-3)22-12-23-21(16)17-11-25(2)24-20(17)14-7-5-4-6-8-14/h4-13,26H,1-3H3/t13-/m1/s1. The maximum Gasteiger partial charge on any atom is 0.126 e. The first-order chi connectivity index (χ1) is 13.1. The zero-order chi connectivity index (χ0) is 19.0. The zero-order valence-corrected chi connectivity index (χ0v) is 15.4. The molecular weight excluding hydrogens is 340 g/mol. The van der Waals surface area contributed by atoms with Crippen molar-refractivity contribution in [3.05, 3.63) is 60.6 Å². The van der Waals surface area contributed by atoms with Crippen molar-refractivity contribution < 1.29 is 9.84 Å². The minimum Gasteiger partial charge on any atom is -0.496 e. The Balaban J connectivity index is 1.99. The van der Waals surface area contributed by atoms with E-state index >= 15 is 0 Å². The fourth-order valence-electron chi connectivity index (χ4n) is 3.29. The van der Waals surface area contributed by atoms with Crippen molar-refractivity contribution in [3.8, 4) is 28.3 Å². The van der Waals surface area contributed by atoms with Crippen LogP contribution in [0.5, 0.6) is 5.75 Å². The van der Waals surface area contributed by atoms with Crippen molar-refractivity contribution in [1.82, 2.24) is 19.7 Å². The molecule has 2 heterocycles. The number of fused-ring (bicyclic) bond motifs is 1. The van der Waals surface area contributed by atoms with Crippen LogP contribution in [0.1, 0.15) is 18.6 Å². The highest BCUT2D eigenvalue weighted by Gasteiger charge is 2.19. The highest BCUT2D eigenvalue weighted by atomic mass is 16.5. The summed E-state index contributed by atoms with van der Waals surface area (Å²) in [6.07, 6.45) is 2.83. The molecule has 2 aromatic carbocycles. The molecule has 0 aliphatic rings. The van der Waals surface area contributed by atoms with Crippen molar-refractivity contribution in [2.75, 3.05) is 7.11 Å². The number of hydrogen-bond acceptors (Lipinski definition) is 5. The van der Waals surface area contributed by atoms with Crippen LogP contribution in [-0.4, -0.2) is 32.0 Å². The van der Waals surface area contributed by atoms with E-state index in [-0.39, 0.29) is 0 Å². The Labute approximate surface area is 157 Å². The molecule has 4 aromatic rings. The molecule has 0 bridgehead atoms. The van der Waals surface area contributed by atoms with Gasteiger partial charge in [-0.1, -0.05) is 30.3 Å². The predicted octanol–water partition coefficient (Wildman–Crippen LogP) is 3.76. The molecule has 0 radical (unpaired) electrons. The lowest BCUT2D eigenvalue weighted by atomic mass is 10.00. The summed E-state index contributed by atoms with van der Waals surface area (Å²) in [4.78, 5) is 8.93. The Morgan fingerprint density at radius 2 is 1.85 bits per heavy atom. The van der Waals surface area contributed by atoms with Crippen molar-refractivity contribution in [2.45, 2.75) is 13.0 Å². The van der Waals surface area contributed by atoms with Crippen LogP contribution in [0.3, 0.4) is 0 Å². The van der Waals surface area contributed by atoms with Gasteiger partial charge in [-0.3, -0.25) is 4.68 Å². The van der Waals surface area contributed by atoms with Crippen molar-refractivity contribution in [1.29, 1.82) is 0 Å².